The summed E-state index contributed by atoms with van der Waals surface area (Å²) in [5.74, 6) is -1.91. The lowest BCUT2D eigenvalue weighted by atomic mass is 10.1. The van der Waals surface area contributed by atoms with E-state index in [1.807, 2.05) is 0 Å². The molecular formula is C12H12Cl3NO3S. The lowest BCUT2D eigenvalue weighted by Crippen LogP contribution is -2.27. The number of hydrogen-bond donors (Lipinski definition) is 2. The second-order valence-electron chi connectivity index (χ2n) is 4.53. The summed E-state index contributed by atoms with van der Waals surface area (Å²) in [6.07, 6.45) is 4.57. The first-order valence-electron chi connectivity index (χ1n) is 6.06. The summed E-state index contributed by atoms with van der Waals surface area (Å²) in [5, 5.41) is 12.0. The number of thiophene rings is 1. The van der Waals surface area contributed by atoms with Gasteiger partial charge in [-0.3, -0.25) is 4.79 Å². The molecule has 0 bridgehead atoms. The van der Waals surface area contributed by atoms with Gasteiger partial charge in [0.25, 0.3) is 9.70 Å². The van der Waals surface area contributed by atoms with E-state index in [0.29, 0.717) is 6.42 Å². The first-order chi connectivity index (χ1) is 9.30. The molecule has 1 aliphatic carbocycles. The first-order valence-corrected chi connectivity index (χ1v) is 8.01. The van der Waals surface area contributed by atoms with Crippen molar-refractivity contribution < 1.29 is 14.7 Å². The second kappa shape index (κ2) is 6.10. The molecule has 0 aromatic carbocycles. The van der Waals surface area contributed by atoms with Crippen LogP contribution in [0.3, 0.4) is 0 Å². The molecule has 2 N–H and O–H groups in total. The summed E-state index contributed by atoms with van der Waals surface area (Å²) in [4.78, 5) is 24.2. The molecule has 2 rings (SSSR count). The van der Waals surface area contributed by atoms with Crippen LogP contribution in [0, 0.1) is 0 Å². The Morgan fingerprint density at radius 3 is 2.40 bits per heavy atom. The molecule has 0 unspecified atom stereocenters. The van der Waals surface area contributed by atoms with Crippen molar-refractivity contribution in [2.45, 2.75) is 35.9 Å². The van der Waals surface area contributed by atoms with Crippen LogP contribution in [0.5, 0.6) is 0 Å². The van der Waals surface area contributed by atoms with Gasteiger partial charge in [0, 0.05) is 4.88 Å². The van der Waals surface area contributed by atoms with Crippen molar-refractivity contribution in [3.05, 3.63) is 16.0 Å². The fourth-order valence-corrected chi connectivity index (χ4v) is 3.65. The molecule has 1 aromatic heterocycles. The number of anilines is 1. The van der Waals surface area contributed by atoms with E-state index in [4.69, 9.17) is 34.8 Å². The van der Waals surface area contributed by atoms with Crippen LogP contribution in [-0.4, -0.2) is 20.8 Å². The summed E-state index contributed by atoms with van der Waals surface area (Å²) < 4.78 is -2.11. The van der Waals surface area contributed by atoms with Gasteiger partial charge in [0.2, 0.25) is 0 Å². The first kappa shape index (κ1) is 15.9. The van der Waals surface area contributed by atoms with Crippen molar-refractivity contribution in [3.8, 4) is 0 Å². The minimum absolute atomic E-state index is 0.134. The molecule has 0 spiro atoms. The fraction of sp³-hybridized carbons (Fsp3) is 0.500. The highest BCUT2D eigenvalue weighted by molar-refractivity contribution is 7.17. The Hall–Kier alpha value is -0.490. The van der Waals surface area contributed by atoms with Crippen LogP contribution in [-0.2, 0) is 17.6 Å². The predicted molar refractivity (Wildman–Crippen MR) is 81.5 cm³/mol. The van der Waals surface area contributed by atoms with Gasteiger partial charge >= 0.3 is 5.97 Å². The maximum absolute atomic E-state index is 11.7. The number of alkyl halides is 3. The molecule has 0 radical (unpaired) electrons. The number of carbonyl (C=O) groups is 2. The zero-order valence-electron chi connectivity index (χ0n) is 10.3. The van der Waals surface area contributed by atoms with Crippen LogP contribution < -0.4 is 5.32 Å². The van der Waals surface area contributed by atoms with Crippen molar-refractivity contribution in [1.29, 1.82) is 0 Å². The Morgan fingerprint density at radius 2 is 1.80 bits per heavy atom. The Bertz CT molecular complexity index is 551. The molecule has 110 valence electrons. The Balaban J connectivity index is 2.38. The monoisotopic (exact) mass is 355 g/mol. The molecule has 0 fully saturated rings. The van der Waals surface area contributed by atoms with Crippen LogP contribution >= 0.6 is 46.1 Å². The third-order valence-electron chi connectivity index (χ3n) is 3.12. The number of hydrogen-bond acceptors (Lipinski definition) is 3. The van der Waals surface area contributed by atoms with E-state index in [1.165, 1.54) is 11.3 Å². The van der Waals surface area contributed by atoms with Crippen molar-refractivity contribution in [1.82, 2.24) is 0 Å². The lowest BCUT2D eigenvalue weighted by Gasteiger charge is -2.11. The van der Waals surface area contributed by atoms with E-state index in [9.17, 15) is 14.7 Å². The largest absolute Gasteiger partial charge is 0.478 e. The number of carbonyl (C=O) groups excluding carboxylic acids is 1. The summed E-state index contributed by atoms with van der Waals surface area (Å²) in [6, 6.07) is 0. The molecule has 8 heteroatoms. The number of carboxylic acids is 1. The number of aromatic carboxylic acids is 1. The van der Waals surface area contributed by atoms with E-state index >= 15 is 0 Å². The lowest BCUT2D eigenvalue weighted by molar-refractivity contribution is -0.115. The zero-order chi connectivity index (χ0) is 14.9. The number of nitrogens with one attached hydrogen (secondary N) is 1. The van der Waals surface area contributed by atoms with Crippen molar-refractivity contribution in [2.24, 2.45) is 0 Å². The van der Waals surface area contributed by atoms with Gasteiger partial charge in [-0.1, -0.05) is 41.2 Å². The van der Waals surface area contributed by atoms with Crippen LogP contribution in [0.1, 0.15) is 40.1 Å². The zero-order valence-corrected chi connectivity index (χ0v) is 13.4. The predicted octanol–water partition coefficient (Wildman–Crippen LogP) is 4.02. The molecule has 1 aliphatic rings. The topological polar surface area (TPSA) is 66.4 Å². The Labute approximate surface area is 135 Å². The second-order valence-corrected chi connectivity index (χ2v) is 7.91. The van der Waals surface area contributed by atoms with Gasteiger partial charge < -0.3 is 10.4 Å². The van der Waals surface area contributed by atoms with Crippen molar-refractivity contribution >= 4 is 63.0 Å². The molecule has 0 saturated heterocycles. The summed E-state index contributed by atoms with van der Waals surface area (Å²) in [5.41, 5.74) is 0.939. The van der Waals surface area contributed by atoms with Gasteiger partial charge in [-0.15, -0.1) is 11.3 Å². The van der Waals surface area contributed by atoms with Crippen molar-refractivity contribution in [2.75, 3.05) is 5.32 Å². The molecule has 0 saturated carbocycles. The average molecular weight is 357 g/mol. The standard InChI is InChI=1S/C12H12Cl3NO3S/c13-12(14,15)11(19)16-9-8(10(17)18)6-4-2-1-3-5-7(6)20-9/h1-5H2,(H,16,19)(H,17,18). The molecule has 1 heterocycles. The van der Waals surface area contributed by atoms with E-state index < -0.39 is 15.7 Å². The molecule has 0 aliphatic heterocycles. The van der Waals surface area contributed by atoms with Crippen LogP contribution in [0.2, 0.25) is 0 Å². The smallest absolute Gasteiger partial charge is 0.339 e. The minimum Gasteiger partial charge on any atom is -0.478 e. The maximum atomic E-state index is 11.7. The number of halogens is 3. The van der Waals surface area contributed by atoms with Crippen LogP contribution in [0.25, 0.3) is 0 Å². The average Bonchev–Trinajstić information content (AvgIpc) is 2.51. The summed E-state index contributed by atoms with van der Waals surface area (Å²) >= 11 is 17.7. The van der Waals surface area contributed by atoms with Gasteiger partial charge in [-0.05, 0) is 31.2 Å². The third kappa shape index (κ3) is 3.39. The highest BCUT2D eigenvalue weighted by atomic mass is 35.6. The normalized spacial score (nSPS) is 15.3. The van der Waals surface area contributed by atoms with E-state index in [1.54, 1.807) is 0 Å². The SMILES string of the molecule is O=C(O)c1c(NC(=O)C(Cl)(Cl)Cl)sc2c1CCCCC2. The molecule has 20 heavy (non-hydrogen) atoms. The van der Waals surface area contributed by atoms with Gasteiger partial charge in [0.15, 0.2) is 0 Å². The number of rotatable bonds is 2. The van der Waals surface area contributed by atoms with Crippen molar-refractivity contribution in [3.63, 3.8) is 0 Å². The van der Waals surface area contributed by atoms with Crippen LogP contribution in [0.15, 0.2) is 0 Å². The quantitative estimate of drug-likeness (QED) is 0.621. The fourth-order valence-electron chi connectivity index (χ4n) is 2.23. The Kier molecular flexibility index (Phi) is 4.84. The summed E-state index contributed by atoms with van der Waals surface area (Å²) in [6.45, 7) is 0. The van der Waals surface area contributed by atoms with E-state index in [2.05, 4.69) is 5.32 Å². The third-order valence-corrected chi connectivity index (χ3v) is 4.84. The Morgan fingerprint density at radius 1 is 1.15 bits per heavy atom. The molecule has 0 atom stereocenters. The minimum atomic E-state index is -2.11. The highest BCUT2D eigenvalue weighted by Crippen LogP contribution is 2.38. The van der Waals surface area contributed by atoms with E-state index in [-0.39, 0.29) is 10.6 Å². The van der Waals surface area contributed by atoms with Gasteiger partial charge in [-0.2, -0.15) is 0 Å². The highest BCUT2D eigenvalue weighted by Gasteiger charge is 2.33. The van der Waals surface area contributed by atoms with E-state index in [0.717, 1.165) is 36.1 Å². The molecule has 1 amide bonds. The van der Waals surface area contributed by atoms with Gasteiger partial charge in [-0.25, -0.2) is 4.79 Å². The number of aryl methyl sites for hydroxylation is 1. The number of amides is 1. The molecule has 4 nitrogen and oxygen atoms in total. The number of fused-ring (bicyclic) bond motifs is 1. The molecular weight excluding hydrogens is 345 g/mol. The van der Waals surface area contributed by atoms with Crippen LogP contribution in [0.4, 0.5) is 5.00 Å². The van der Waals surface area contributed by atoms with Gasteiger partial charge in [0.05, 0.1) is 5.56 Å². The van der Waals surface area contributed by atoms with Gasteiger partial charge in [0.1, 0.15) is 5.00 Å². The summed E-state index contributed by atoms with van der Waals surface area (Å²) in [7, 11) is 0. The maximum Gasteiger partial charge on any atom is 0.339 e. The molecule has 1 aromatic rings. The number of carboxylic acid groups (broad SMARTS) is 1.